The SMILES string of the molecule is CCC(O)(C(=O)O)C(F)F. The van der Waals surface area contributed by atoms with Crippen LogP contribution in [0.3, 0.4) is 0 Å². The number of halogens is 2. The Bertz CT molecular complexity index is 137. The number of hydrogen-bond donors (Lipinski definition) is 2. The van der Waals surface area contributed by atoms with Gasteiger partial charge in [0.05, 0.1) is 0 Å². The van der Waals surface area contributed by atoms with Crippen LogP contribution in [0.15, 0.2) is 0 Å². The van der Waals surface area contributed by atoms with Crippen LogP contribution in [0.2, 0.25) is 0 Å². The van der Waals surface area contributed by atoms with Gasteiger partial charge in [-0.15, -0.1) is 0 Å². The quantitative estimate of drug-likeness (QED) is 0.621. The summed E-state index contributed by atoms with van der Waals surface area (Å²) in [6, 6.07) is 0. The summed E-state index contributed by atoms with van der Waals surface area (Å²) in [7, 11) is 0. The molecule has 0 aromatic heterocycles. The molecule has 2 N–H and O–H groups in total. The van der Waals surface area contributed by atoms with Crippen LogP contribution < -0.4 is 0 Å². The predicted molar refractivity (Wildman–Crippen MR) is 28.9 cm³/mol. The average Bonchev–Trinajstić information content (AvgIpc) is 1.85. The lowest BCUT2D eigenvalue weighted by molar-refractivity contribution is -0.176. The largest absolute Gasteiger partial charge is 0.479 e. The molecule has 0 heterocycles. The van der Waals surface area contributed by atoms with Crippen molar-refractivity contribution in [2.24, 2.45) is 0 Å². The number of rotatable bonds is 3. The molecule has 60 valence electrons. The van der Waals surface area contributed by atoms with E-state index in [1.807, 2.05) is 0 Å². The number of carbonyl (C=O) groups is 1. The Balaban J connectivity index is 4.38. The fourth-order valence-electron chi connectivity index (χ4n) is 0.399. The van der Waals surface area contributed by atoms with Gasteiger partial charge in [-0.25, -0.2) is 13.6 Å². The van der Waals surface area contributed by atoms with E-state index in [0.29, 0.717) is 0 Å². The number of alkyl halides is 2. The predicted octanol–water partition coefficient (Wildman–Crippen LogP) is 0.477. The van der Waals surface area contributed by atoms with Crippen molar-refractivity contribution in [3.8, 4) is 0 Å². The topological polar surface area (TPSA) is 57.5 Å². The molecule has 0 radical (unpaired) electrons. The number of hydrogen-bond acceptors (Lipinski definition) is 2. The maximum atomic E-state index is 11.7. The Labute approximate surface area is 56.3 Å². The van der Waals surface area contributed by atoms with Crippen LogP contribution in [0.25, 0.3) is 0 Å². The van der Waals surface area contributed by atoms with E-state index in [-0.39, 0.29) is 0 Å². The van der Waals surface area contributed by atoms with Crippen LogP contribution in [0.4, 0.5) is 8.78 Å². The van der Waals surface area contributed by atoms with Gasteiger partial charge in [-0.05, 0) is 6.42 Å². The summed E-state index contributed by atoms with van der Waals surface area (Å²) in [4.78, 5) is 9.96. The minimum absolute atomic E-state index is 0.500. The third-order valence-corrected chi connectivity index (χ3v) is 1.27. The van der Waals surface area contributed by atoms with Crippen molar-refractivity contribution in [3.05, 3.63) is 0 Å². The summed E-state index contributed by atoms with van der Waals surface area (Å²) < 4.78 is 23.4. The molecule has 0 aromatic rings. The van der Waals surface area contributed by atoms with Crippen molar-refractivity contribution in [1.82, 2.24) is 0 Å². The molecule has 0 amide bonds. The molecule has 1 atom stereocenters. The lowest BCUT2D eigenvalue weighted by atomic mass is 10.0. The molecule has 0 rings (SSSR count). The molecule has 0 aromatic carbocycles. The van der Waals surface area contributed by atoms with Gasteiger partial charge in [0.15, 0.2) is 0 Å². The molecule has 5 heteroatoms. The van der Waals surface area contributed by atoms with Gasteiger partial charge in [0.1, 0.15) is 0 Å². The Morgan fingerprint density at radius 1 is 1.70 bits per heavy atom. The minimum Gasteiger partial charge on any atom is -0.479 e. The van der Waals surface area contributed by atoms with Crippen LogP contribution in [-0.4, -0.2) is 28.2 Å². The van der Waals surface area contributed by atoms with Crippen molar-refractivity contribution < 1.29 is 23.8 Å². The monoisotopic (exact) mass is 154 g/mol. The first-order chi connectivity index (χ1) is 4.45. The van der Waals surface area contributed by atoms with Crippen molar-refractivity contribution in [1.29, 1.82) is 0 Å². The minimum atomic E-state index is -3.24. The zero-order chi connectivity index (χ0) is 8.36. The molecule has 0 aliphatic heterocycles. The van der Waals surface area contributed by atoms with Gasteiger partial charge in [-0.3, -0.25) is 0 Å². The zero-order valence-corrected chi connectivity index (χ0v) is 5.34. The summed E-state index contributed by atoms with van der Waals surface area (Å²) in [5.41, 5.74) is -2.88. The van der Waals surface area contributed by atoms with Gasteiger partial charge in [-0.2, -0.15) is 0 Å². The molecule has 1 unspecified atom stereocenters. The third-order valence-electron chi connectivity index (χ3n) is 1.27. The molecule has 0 saturated carbocycles. The van der Waals surface area contributed by atoms with Crippen LogP contribution in [-0.2, 0) is 4.79 Å². The lowest BCUT2D eigenvalue weighted by Gasteiger charge is -2.19. The Morgan fingerprint density at radius 3 is 2.10 bits per heavy atom. The van der Waals surface area contributed by atoms with Gasteiger partial charge in [0.2, 0.25) is 5.60 Å². The standard InChI is InChI=1S/C5H8F2O3/c1-2-5(10,3(6)7)4(8)9/h3,10H,2H2,1H3,(H,8,9). The molecule has 0 saturated heterocycles. The normalized spacial score (nSPS) is 16.9. The second kappa shape index (κ2) is 2.92. The van der Waals surface area contributed by atoms with Gasteiger partial charge in [0.25, 0.3) is 6.43 Å². The fourth-order valence-corrected chi connectivity index (χ4v) is 0.399. The third kappa shape index (κ3) is 1.41. The summed E-state index contributed by atoms with van der Waals surface area (Å²) >= 11 is 0. The van der Waals surface area contributed by atoms with E-state index in [1.54, 1.807) is 0 Å². The van der Waals surface area contributed by atoms with E-state index in [4.69, 9.17) is 10.2 Å². The first-order valence-corrected chi connectivity index (χ1v) is 2.69. The van der Waals surface area contributed by atoms with E-state index in [0.717, 1.165) is 0 Å². The van der Waals surface area contributed by atoms with Crippen molar-refractivity contribution in [2.45, 2.75) is 25.4 Å². The van der Waals surface area contributed by atoms with E-state index < -0.39 is 24.4 Å². The Kier molecular flexibility index (Phi) is 2.71. The van der Waals surface area contributed by atoms with Gasteiger partial charge in [0, 0.05) is 0 Å². The average molecular weight is 154 g/mol. The van der Waals surface area contributed by atoms with Crippen molar-refractivity contribution in [3.63, 3.8) is 0 Å². The number of carboxylic acids is 1. The first-order valence-electron chi connectivity index (χ1n) is 2.69. The van der Waals surface area contributed by atoms with Crippen LogP contribution in [0.1, 0.15) is 13.3 Å². The maximum Gasteiger partial charge on any atom is 0.341 e. The van der Waals surface area contributed by atoms with Gasteiger partial charge < -0.3 is 10.2 Å². The van der Waals surface area contributed by atoms with E-state index >= 15 is 0 Å². The highest BCUT2D eigenvalue weighted by molar-refractivity contribution is 5.77. The Morgan fingerprint density at radius 2 is 2.10 bits per heavy atom. The van der Waals surface area contributed by atoms with E-state index in [1.165, 1.54) is 6.92 Å². The maximum absolute atomic E-state index is 11.7. The molecular weight excluding hydrogens is 146 g/mol. The van der Waals surface area contributed by atoms with Crippen molar-refractivity contribution in [2.75, 3.05) is 0 Å². The van der Waals surface area contributed by atoms with Crippen LogP contribution >= 0.6 is 0 Å². The number of aliphatic carboxylic acids is 1. The van der Waals surface area contributed by atoms with Crippen LogP contribution in [0.5, 0.6) is 0 Å². The fraction of sp³-hybridized carbons (Fsp3) is 0.800. The highest BCUT2D eigenvalue weighted by Crippen LogP contribution is 2.19. The molecule has 0 bridgehead atoms. The lowest BCUT2D eigenvalue weighted by Crippen LogP contribution is -2.44. The molecule has 0 aliphatic carbocycles. The van der Waals surface area contributed by atoms with Crippen molar-refractivity contribution >= 4 is 5.97 Å². The summed E-state index contributed by atoms with van der Waals surface area (Å²) in [5.74, 6) is -1.88. The molecule has 10 heavy (non-hydrogen) atoms. The second-order valence-corrected chi connectivity index (χ2v) is 1.88. The summed E-state index contributed by atoms with van der Waals surface area (Å²) in [5, 5.41) is 16.7. The molecule has 0 spiro atoms. The zero-order valence-electron chi connectivity index (χ0n) is 5.34. The first kappa shape index (κ1) is 9.29. The highest BCUT2D eigenvalue weighted by atomic mass is 19.3. The summed E-state index contributed by atoms with van der Waals surface area (Å²) in [6.07, 6.45) is -3.74. The summed E-state index contributed by atoms with van der Waals surface area (Å²) in [6.45, 7) is 1.18. The molecular formula is C5H8F2O3. The molecule has 0 aliphatic rings. The van der Waals surface area contributed by atoms with Gasteiger partial charge in [-0.1, -0.05) is 6.92 Å². The van der Waals surface area contributed by atoms with Crippen LogP contribution in [0, 0.1) is 0 Å². The molecule has 3 nitrogen and oxygen atoms in total. The highest BCUT2D eigenvalue weighted by Gasteiger charge is 2.43. The second-order valence-electron chi connectivity index (χ2n) is 1.88. The van der Waals surface area contributed by atoms with E-state index in [2.05, 4.69) is 0 Å². The smallest absolute Gasteiger partial charge is 0.341 e. The molecule has 0 fully saturated rings. The van der Waals surface area contributed by atoms with E-state index in [9.17, 15) is 13.6 Å². The Hall–Kier alpha value is -0.710. The number of carboxylic acid groups (broad SMARTS) is 1. The van der Waals surface area contributed by atoms with Gasteiger partial charge >= 0.3 is 5.97 Å². The number of aliphatic hydroxyl groups is 1.